The van der Waals surface area contributed by atoms with Gasteiger partial charge < -0.3 is 15.0 Å². The van der Waals surface area contributed by atoms with E-state index in [9.17, 15) is 14.7 Å². The number of aromatic nitrogens is 2. The summed E-state index contributed by atoms with van der Waals surface area (Å²) < 4.78 is 0. The summed E-state index contributed by atoms with van der Waals surface area (Å²) in [5.41, 5.74) is 1.63. The van der Waals surface area contributed by atoms with Gasteiger partial charge in [-0.15, -0.1) is 0 Å². The average Bonchev–Trinajstić information content (AvgIpc) is 3.06. The van der Waals surface area contributed by atoms with E-state index in [0.717, 1.165) is 37.1 Å². The molecule has 2 heterocycles. The normalized spacial score (nSPS) is 23.4. The zero-order valence-corrected chi connectivity index (χ0v) is 10.6. The Morgan fingerprint density at radius 3 is 2.79 bits per heavy atom. The molecule has 0 saturated heterocycles. The molecule has 1 fully saturated rings. The van der Waals surface area contributed by atoms with Gasteiger partial charge in [-0.25, -0.2) is 9.78 Å². The fourth-order valence-corrected chi connectivity index (χ4v) is 3.10. The van der Waals surface area contributed by atoms with E-state index in [1.807, 2.05) is 0 Å². The smallest absolute Gasteiger partial charge is 0.326 e. The van der Waals surface area contributed by atoms with Gasteiger partial charge in [0.15, 0.2) is 0 Å². The summed E-state index contributed by atoms with van der Waals surface area (Å²) in [4.78, 5) is 32.5. The van der Waals surface area contributed by atoms with E-state index in [1.54, 1.807) is 6.33 Å². The molecule has 0 aromatic carbocycles. The van der Waals surface area contributed by atoms with Crippen molar-refractivity contribution in [1.82, 2.24) is 14.9 Å². The predicted molar refractivity (Wildman–Crippen MR) is 66.2 cm³/mol. The number of H-pyrrole nitrogens is 1. The first kappa shape index (κ1) is 12.2. The van der Waals surface area contributed by atoms with Crippen LogP contribution >= 0.6 is 0 Å². The molecule has 19 heavy (non-hydrogen) atoms. The topological polar surface area (TPSA) is 86.3 Å². The van der Waals surface area contributed by atoms with Crippen LogP contribution in [-0.4, -0.2) is 37.9 Å². The molecular weight excluding hydrogens is 246 g/mol. The number of carboxylic acid groups (broad SMARTS) is 1. The van der Waals surface area contributed by atoms with Crippen LogP contribution < -0.4 is 0 Å². The maximum atomic E-state index is 12.5. The third kappa shape index (κ3) is 2.11. The highest BCUT2D eigenvalue weighted by Gasteiger charge is 2.38. The SMILES string of the molecule is O=C(O)C1Cc2nc[nH]c2CN1C(=O)C1CCCC1. The third-order valence-corrected chi connectivity index (χ3v) is 4.17. The van der Waals surface area contributed by atoms with Crippen molar-refractivity contribution in [2.24, 2.45) is 5.92 Å². The van der Waals surface area contributed by atoms with Gasteiger partial charge in [-0.05, 0) is 12.8 Å². The predicted octanol–water partition coefficient (Wildman–Crippen LogP) is 0.938. The van der Waals surface area contributed by atoms with Gasteiger partial charge in [-0.2, -0.15) is 0 Å². The van der Waals surface area contributed by atoms with Crippen molar-refractivity contribution >= 4 is 11.9 Å². The summed E-state index contributed by atoms with van der Waals surface area (Å²) >= 11 is 0. The first-order chi connectivity index (χ1) is 9.16. The fraction of sp³-hybridized carbons (Fsp3) is 0.615. The van der Waals surface area contributed by atoms with Gasteiger partial charge in [-0.1, -0.05) is 12.8 Å². The number of imidazole rings is 1. The lowest BCUT2D eigenvalue weighted by molar-refractivity contribution is -0.153. The standard InChI is InChI=1S/C13H17N3O3/c17-12(8-3-1-2-4-8)16-6-10-9(14-7-15-10)5-11(16)13(18)19/h7-8,11H,1-6H2,(H,14,15)(H,18,19). The van der Waals surface area contributed by atoms with Crippen molar-refractivity contribution < 1.29 is 14.7 Å². The Kier molecular flexibility index (Phi) is 3.00. The number of carboxylic acids is 1. The number of hydrogen-bond acceptors (Lipinski definition) is 3. The molecule has 1 amide bonds. The molecule has 0 bridgehead atoms. The minimum absolute atomic E-state index is 0.00585. The van der Waals surface area contributed by atoms with Crippen LogP contribution in [0.1, 0.15) is 37.1 Å². The molecular formula is C13H17N3O3. The highest BCUT2D eigenvalue weighted by Crippen LogP contribution is 2.30. The number of carbonyl (C=O) groups is 2. The number of nitrogens with one attached hydrogen (secondary N) is 1. The molecule has 1 aliphatic heterocycles. The number of rotatable bonds is 2. The summed E-state index contributed by atoms with van der Waals surface area (Å²) in [7, 11) is 0. The third-order valence-electron chi connectivity index (χ3n) is 4.17. The van der Waals surface area contributed by atoms with Crippen molar-refractivity contribution in [2.75, 3.05) is 0 Å². The Labute approximate surface area is 110 Å². The quantitative estimate of drug-likeness (QED) is 0.831. The highest BCUT2D eigenvalue weighted by atomic mass is 16.4. The van der Waals surface area contributed by atoms with Crippen LogP contribution in [0.4, 0.5) is 0 Å². The molecule has 0 radical (unpaired) electrons. The number of carbonyl (C=O) groups excluding carboxylic acids is 1. The monoisotopic (exact) mass is 263 g/mol. The Bertz CT molecular complexity index is 505. The summed E-state index contributed by atoms with van der Waals surface area (Å²) in [6, 6.07) is -0.774. The Morgan fingerprint density at radius 2 is 2.11 bits per heavy atom. The van der Waals surface area contributed by atoms with Gasteiger partial charge in [0.1, 0.15) is 6.04 Å². The van der Waals surface area contributed by atoms with Crippen molar-refractivity contribution in [3.8, 4) is 0 Å². The second-order valence-corrected chi connectivity index (χ2v) is 5.33. The van der Waals surface area contributed by atoms with Crippen LogP contribution in [0.2, 0.25) is 0 Å². The van der Waals surface area contributed by atoms with Crippen LogP contribution in [0.5, 0.6) is 0 Å². The molecule has 1 aromatic heterocycles. The van der Waals surface area contributed by atoms with E-state index in [4.69, 9.17) is 0 Å². The van der Waals surface area contributed by atoms with Crippen molar-refractivity contribution in [1.29, 1.82) is 0 Å². The second-order valence-electron chi connectivity index (χ2n) is 5.33. The Morgan fingerprint density at radius 1 is 1.37 bits per heavy atom. The molecule has 1 atom stereocenters. The number of aliphatic carboxylic acids is 1. The first-order valence-electron chi connectivity index (χ1n) is 6.71. The largest absolute Gasteiger partial charge is 0.480 e. The second kappa shape index (κ2) is 4.68. The van der Waals surface area contributed by atoms with Crippen LogP contribution in [0.25, 0.3) is 0 Å². The molecule has 0 spiro atoms. The first-order valence-corrected chi connectivity index (χ1v) is 6.71. The molecule has 2 aliphatic rings. The zero-order valence-electron chi connectivity index (χ0n) is 10.6. The fourth-order valence-electron chi connectivity index (χ4n) is 3.10. The lowest BCUT2D eigenvalue weighted by Gasteiger charge is -2.34. The van der Waals surface area contributed by atoms with E-state index >= 15 is 0 Å². The number of aromatic amines is 1. The van der Waals surface area contributed by atoms with Gasteiger partial charge in [0.25, 0.3) is 0 Å². The lowest BCUT2D eigenvalue weighted by atomic mass is 9.98. The molecule has 3 rings (SSSR count). The van der Waals surface area contributed by atoms with E-state index < -0.39 is 12.0 Å². The summed E-state index contributed by atoms with van der Waals surface area (Å²) in [6.45, 7) is 0.335. The van der Waals surface area contributed by atoms with Crippen molar-refractivity contribution in [3.05, 3.63) is 17.7 Å². The molecule has 1 unspecified atom stereocenters. The van der Waals surface area contributed by atoms with Crippen LogP contribution in [0, 0.1) is 5.92 Å². The zero-order chi connectivity index (χ0) is 13.4. The minimum Gasteiger partial charge on any atom is -0.480 e. The van der Waals surface area contributed by atoms with E-state index in [0.29, 0.717) is 13.0 Å². The van der Waals surface area contributed by atoms with E-state index in [2.05, 4.69) is 9.97 Å². The molecule has 102 valence electrons. The molecule has 2 N–H and O–H groups in total. The molecule has 1 aliphatic carbocycles. The molecule has 1 saturated carbocycles. The number of hydrogen-bond donors (Lipinski definition) is 2. The van der Waals surface area contributed by atoms with Gasteiger partial charge in [0.2, 0.25) is 5.91 Å². The minimum atomic E-state index is -0.944. The maximum absolute atomic E-state index is 12.5. The van der Waals surface area contributed by atoms with Gasteiger partial charge in [0.05, 0.1) is 24.3 Å². The highest BCUT2D eigenvalue weighted by molar-refractivity contribution is 5.85. The van der Waals surface area contributed by atoms with E-state index in [1.165, 1.54) is 4.90 Å². The summed E-state index contributed by atoms with van der Waals surface area (Å²) in [5.74, 6) is -0.948. The number of amides is 1. The van der Waals surface area contributed by atoms with E-state index in [-0.39, 0.29) is 11.8 Å². The average molecular weight is 263 g/mol. The van der Waals surface area contributed by atoms with Crippen LogP contribution in [0.3, 0.4) is 0 Å². The number of nitrogens with zero attached hydrogens (tertiary/aromatic N) is 2. The Hall–Kier alpha value is -1.85. The van der Waals surface area contributed by atoms with Crippen molar-refractivity contribution in [2.45, 2.75) is 44.7 Å². The molecule has 6 heteroatoms. The lowest BCUT2D eigenvalue weighted by Crippen LogP contribution is -2.50. The Balaban J connectivity index is 1.85. The maximum Gasteiger partial charge on any atom is 0.326 e. The van der Waals surface area contributed by atoms with Crippen LogP contribution in [0.15, 0.2) is 6.33 Å². The van der Waals surface area contributed by atoms with Crippen molar-refractivity contribution in [3.63, 3.8) is 0 Å². The molecule has 6 nitrogen and oxygen atoms in total. The summed E-state index contributed by atoms with van der Waals surface area (Å²) in [5, 5.41) is 9.33. The van der Waals surface area contributed by atoms with Gasteiger partial charge in [0, 0.05) is 12.3 Å². The van der Waals surface area contributed by atoms with Crippen LogP contribution in [-0.2, 0) is 22.6 Å². The summed E-state index contributed by atoms with van der Waals surface area (Å²) in [6.07, 6.45) is 5.77. The molecule has 1 aromatic rings. The van der Waals surface area contributed by atoms with Gasteiger partial charge >= 0.3 is 5.97 Å². The number of fused-ring (bicyclic) bond motifs is 1. The van der Waals surface area contributed by atoms with Gasteiger partial charge in [-0.3, -0.25) is 4.79 Å².